The molecular formula is C14H14O3S. The summed E-state index contributed by atoms with van der Waals surface area (Å²) in [5.74, 6) is 0. The number of rotatable bonds is 3. The van der Waals surface area contributed by atoms with Crippen LogP contribution in [0.25, 0.3) is 0 Å². The Morgan fingerprint density at radius 2 is 1.89 bits per heavy atom. The van der Waals surface area contributed by atoms with Crippen molar-refractivity contribution in [2.75, 3.05) is 0 Å². The third-order valence-electron chi connectivity index (χ3n) is 3.00. The summed E-state index contributed by atoms with van der Waals surface area (Å²) in [5.41, 5.74) is -0.588. The molecule has 1 aliphatic rings. The van der Waals surface area contributed by atoms with Crippen molar-refractivity contribution in [2.45, 2.75) is 18.2 Å². The van der Waals surface area contributed by atoms with Crippen molar-refractivity contribution >= 4 is 16.1 Å². The van der Waals surface area contributed by atoms with E-state index in [4.69, 9.17) is 0 Å². The summed E-state index contributed by atoms with van der Waals surface area (Å²) in [7, 11) is -3.46. The maximum atomic E-state index is 12.3. The van der Waals surface area contributed by atoms with Gasteiger partial charge in [-0.1, -0.05) is 30.4 Å². The highest BCUT2D eigenvalue weighted by Gasteiger charge is 2.26. The highest BCUT2D eigenvalue weighted by Crippen LogP contribution is 2.31. The van der Waals surface area contributed by atoms with Gasteiger partial charge in [0.15, 0.2) is 0 Å². The lowest BCUT2D eigenvalue weighted by Gasteiger charge is -2.21. The molecule has 0 radical (unpaired) electrons. The van der Waals surface area contributed by atoms with Gasteiger partial charge >= 0.3 is 0 Å². The smallest absolute Gasteiger partial charge is 0.206 e. The van der Waals surface area contributed by atoms with E-state index in [-0.39, 0.29) is 9.80 Å². The van der Waals surface area contributed by atoms with E-state index in [0.717, 1.165) is 6.29 Å². The molecule has 1 aromatic rings. The number of hydrogen-bond acceptors (Lipinski definition) is 3. The van der Waals surface area contributed by atoms with Gasteiger partial charge in [-0.25, -0.2) is 8.42 Å². The van der Waals surface area contributed by atoms with Crippen LogP contribution in [-0.2, 0) is 14.6 Å². The van der Waals surface area contributed by atoms with Gasteiger partial charge in [-0.15, -0.1) is 0 Å². The Kier molecular flexibility index (Phi) is 3.22. The first-order valence-electron chi connectivity index (χ1n) is 5.64. The summed E-state index contributed by atoms with van der Waals surface area (Å²) < 4.78 is 24.6. The molecule has 1 atom stereocenters. The predicted molar refractivity (Wildman–Crippen MR) is 69.6 cm³/mol. The monoisotopic (exact) mass is 262 g/mol. The highest BCUT2D eigenvalue weighted by atomic mass is 32.2. The van der Waals surface area contributed by atoms with E-state index in [1.165, 1.54) is 6.08 Å². The standard InChI is InChI=1S/C14H14O3S/c1-14(11-15)9-7-13(8-10-14)18(16,17)12-5-3-2-4-6-12/h2-9,11H,10H2,1H3. The minimum Gasteiger partial charge on any atom is -0.302 e. The predicted octanol–water partition coefficient (Wildman–Crippen LogP) is 2.51. The van der Waals surface area contributed by atoms with E-state index in [2.05, 4.69) is 0 Å². The van der Waals surface area contributed by atoms with Crippen molar-refractivity contribution < 1.29 is 13.2 Å². The van der Waals surface area contributed by atoms with Crippen molar-refractivity contribution in [2.24, 2.45) is 5.41 Å². The minimum absolute atomic E-state index is 0.257. The molecule has 0 N–H and O–H groups in total. The Morgan fingerprint density at radius 3 is 2.39 bits per heavy atom. The van der Waals surface area contributed by atoms with Gasteiger partial charge in [0, 0.05) is 5.41 Å². The summed E-state index contributed by atoms with van der Waals surface area (Å²) in [4.78, 5) is 11.4. The van der Waals surface area contributed by atoms with Crippen LogP contribution in [0.15, 0.2) is 58.4 Å². The molecule has 0 heterocycles. The summed E-state index contributed by atoms with van der Waals surface area (Å²) in [6.45, 7) is 1.78. The van der Waals surface area contributed by atoms with Crippen molar-refractivity contribution in [3.05, 3.63) is 53.5 Å². The Bertz CT molecular complexity index is 612. The van der Waals surface area contributed by atoms with E-state index in [0.29, 0.717) is 6.42 Å². The zero-order valence-electron chi connectivity index (χ0n) is 10.0. The van der Waals surface area contributed by atoms with E-state index in [9.17, 15) is 13.2 Å². The lowest BCUT2D eigenvalue weighted by atomic mass is 9.86. The van der Waals surface area contributed by atoms with Gasteiger partial charge in [0.05, 0.1) is 9.80 Å². The fraction of sp³-hybridized carbons (Fsp3) is 0.214. The van der Waals surface area contributed by atoms with Gasteiger partial charge in [-0.05, 0) is 31.6 Å². The molecule has 0 aliphatic heterocycles. The van der Waals surface area contributed by atoms with Crippen molar-refractivity contribution in [1.29, 1.82) is 0 Å². The van der Waals surface area contributed by atoms with E-state index in [1.54, 1.807) is 49.4 Å². The lowest BCUT2D eigenvalue weighted by molar-refractivity contribution is -0.113. The van der Waals surface area contributed by atoms with Crippen LogP contribution >= 0.6 is 0 Å². The summed E-state index contributed by atoms with van der Waals surface area (Å²) >= 11 is 0. The quantitative estimate of drug-likeness (QED) is 0.786. The zero-order chi connectivity index (χ0) is 13.2. The Hall–Kier alpha value is -1.68. The van der Waals surface area contributed by atoms with Gasteiger partial charge in [-0.2, -0.15) is 0 Å². The third-order valence-corrected chi connectivity index (χ3v) is 4.82. The molecule has 4 heteroatoms. The molecule has 0 saturated carbocycles. The number of carbonyl (C=O) groups is 1. The number of allylic oxidation sites excluding steroid dienone is 3. The van der Waals surface area contributed by atoms with Crippen molar-refractivity contribution in [3.8, 4) is 0 Å². The number of benzene rings is 1. The lowest BCUT2D eigenvalue weighted by Crippen LogP contribution is -2.18. The van der Waals surface area contributed by atoms with Crippen LogP contribution in [0.5, 0.6) is 0 Å². The van der Waals surface area contributed by atoms with Gasteiger partial charge < -0.3 is 4.79 Å². The Balaban J connectivity index is 2.36. The van der Waals surface area contributed by atoms with Crippen LogP contribution in [0.3, 0.4) is 0 Å². The zero-order valence-corrected chi connectivity index (χ0v) is 10.9. The van der Waals surface area contributed by atoms with Crippen LogP contribution < -0.4 is 0 Å². The Labute approximate surface area is 107 Å². The number of sulfone groups is 1. The molecule has 3 nitrogen and oxygen atoms in total. The fourth-order valence-corrected chi connectivity index (χ4v) is 3.09. The molecule has 1 unspecified atom stereocenters. The van der Waals surface area contributed by atoms with Crippen molar-refractivity contribution in [3.63, 3.8) is 0 Å². The number of carbonyl (C=O) groups excluding carboxylic acids is 1. The van der Waals surface area contributed by atoms with Crippen LogP contribution in [-0.4, -0.2) is 14.7 Å². The molecule has 0 saturated heterocycles. The molecule has 18 heavy (non-hydrogen) atoms. The van der Waals surface area contributed by atoms with Crippen LogP contribution in [0.1, 0.15) is 13.3 Å². The molecule has 2 rings (SSSR count). The van der Waals surface area contributed by atoms with E-state index < -0.39 is 15.3 Å². The first kappa shape index (κ1) is 12.8. The Morgan fingerprint density at radius 1 is 1.22 bits per heavy atom. The average Bonchev–Trinajstić information content (AvgIpc) is 2.40. The van der Waals surface area contributed by atoms with E-state index >= 15 is 0 Å². The van der Waals surface area contributed by atoms with Crippen molar-refractivity contribution in [1.82, 2.24) is 0 Å². The molecule has 94 valence electrons. The second-order valence-corrected chi connectivity index (χ2v) is 6.53. The summed E-state index contributed by atoms with van der Waals surface area (Å²) in [5, 5.41) is 0. The normalized spacial score (nSPS) is 23.5. The molecule has 1 aromatic carbocycles. The van der Waals surface area contributed by atoms with Crippen LogP contribution in [0, 0.1) is 5.41 Å². The second-order valence-electron chi connectivity index (χ2n) is 4.58. The maximum absolute atomic E-state index is 12.3. The SMILES string of the molecule is CC1(C=O)C=CC(S(=O)(=O)c2ccccc2)=CC1. The topological polar surface area (TPSA) is 51.2 Å². The first-order valence-corrected chi connectivity index (χ1v) is 7.12. The molecular weight excluding hydrogens is 248 g/mol. The summed E-state index contributed by atoms with van der Waals surface area (Å²) in [6.07, 6.45) is 6.02. The molecule has 0 fully saturated rings. The van der Waals surface area contributed by atoms with Gasteiger partial charge in [0.1, 0.15) is 6.29 Å². The van der Waals surface area contributed by atoms with Gasteiger partial charge in [-0.3, -0.25) is 0 Å². The second kappa shape index (κ2) is 4.53. The number of hydrogen-bond donors (Lipinski definition) is 0. The molecule has 0 aromatic heterocycles. The molecule has 0 amide bonds. The fourth-order valence-electron chi connectivity index (χ4n) is 1.75. The largest absolute Gasteiger partial charge is 0.302 e. The minimum atomic E-state index is -3.46. The number of aldehydes is 1. The highest BCUT2D eigenvalue weighted by molar-refractivity contribution is 7.95. The van der Waals surface area contributed by atoms with Gasteiger partial charge in [0.25, 0.3) is 0 Å². The summed E-state index contributed by atoms with van der Waals surface area (Å²) in [6, 6.07) is 8.29. The van der Waals surface area contributed by atoms with Crippen LogP contribution in [0.4, 0.5) is 0 Å². The van der Waals surface area contributed by atoms with E-state index in [1.807, 2.05) is 0 Å². The van der Waals surface area contributed by atoms with Gasteiger partial charge in [0.2, 0.25) is 9.84 Å². The third kappa shape index (κ3) is 2.29. The average molecular weight is 262 g/mol. The van der Waals surface area contributed by atoms with Crippen LogP contribution in [0.2, 0.25) is 0 Å². The maximum Gasteiger partial charge on any atom is 0.206 e. The first-order chi connectivity index (χ1) is 8.48. The molecule has 1 aliphatic carbocycles. The molecule has 0 spiro atoms. The molecule has 0 bridgehead atoms.